The van der Waals surface area contributed by atoms with Gasteiger partial charge in [0, 0.05) is 35.2 Å². The molecule has 0 unspecified atom stereocenters. The van der Waals surface area contributed by atoms with Crippen LogP contribution in [0.1, 0.15) is 42.0 Å². The summed E-state index contributed by atoms with van der Waals surface area (Å²) in [6.07, 6.45) is 7.47. The number of allylic oxidation sites excluding steroid dienone is 1. The lowest BCUT2D eigenvalue weighted by molar-refractivity contribution is 0.102. The third-order valence-corrected chi connectivity index (χ3v) is 5.42. The second-order valence-electron chi connectivity index (χ2n) is 7.97. The van der Waals surface area contributed by atoms with Crippen molar-refractivity contribution in [2.45, 2.75) is 25.8 Å². The van der Waals surface area contributed by atoms with E-state index < -0.39 is 0 Å². The number of anilines is 1. The van der Waals surface area contributed by atoms with E-state index in [9.17, 15) is 4.79 Å². The van der Waals surface area contributed by atoms with Gasteiger partial charge in [0.05, 0.1) is 5.69 Å². The van der Waals surface area contributed by atoms with Crippen molar-refractivity contribution >= 4 is 17.2 Å². The molecule has 32 heavy (non-hydrogen) atoms. The second kappa shape index (κ2) is 8.19. The second-order valence-corrected chi connectivity index (χ2v) is 7.97. The van der Waals surface area contributed by atoms with Crippen molar-refractivity contribution in [1.82, 2.24) is 24.7 Å². The van der Waals surface area contributed by atoms with Crippen LogP contribution in [0.15, 0.2) is 73.8 Å². The minimum atomic E-state index is -0.279. The summed E-state index contributed by atoms with van der Waals surface area (Å²) < 4.78 is 2.10. The zero-order chi connectivity index (χ0) is 22.1. The van der Waals surface area contributed by atoms with Gasteiger partial charge in [-0.1, -0.05) is 24.8 Å². The maximum absolute atomic E-state index is 12.9. The first-order valence-electron chi connectivity index (χ1n) is 10.5. The minimum absolute atomic E-state index is 0.279. The number of nitrogens with zero attached hydrogens (tertiary/aromatic N) is 5. The molecule has 3 aromatic heterocycles. The van der Waals surface area contributed by atoms with Gasteiger partial charge in [-0.25, -0.2) is 0 Å². The Labute approximate surface area is 185 Å². The van der Waals surface area contributed by atoms with Crippen LogP contribution in [0.2, 0.25) is 0 Å². The van der Waals surface area contributed by atoms with E-state index in [4.69, 9.17) is 0 Å². The van der Waals surface area contributed by atoms with Crippen LogP contribution in [0.3, 0.4) is 0 Å². The number of hydrogen-bond donors (Lipinski definition) is 1. The summed E-state index contributed by atoms with van der Waals surface area (Å²) in [4.78, 5) is 21.6. The van der Waals surface area contributed by atoms with Gasteiger partial charge in [0.15, 0.2) is 5.82 Å². The van der Waals surface area contributed by atoms with E-state index in [-0.39, 0.29) is 5.91 Å². The molecule has 4 aromatic rings. The molecule has 5 rings (SSSR count). The van der Waals surface area contributed by atoms with Crippen LogP contribution < -0.4 is 5.32 Å². The van der Waals surface area contributed by atoms with Crippen LogP contribution in [0.5, 0.6) is 0 Å². The number of aromatic nitrogens is 5. The Morgan fingerprint density at radius 2 is 1.91 bits per heavy atom. The molecule has 7 heteroatoms. The van der Waals surface area contributed by atoms with Gasteiger partial charge in [-0.15, -0.1) is 10.2 Å². The highest BCUT2D eigenvalue weighted by Gasteiger charge is 2.26. The maximum atomic E-state index is 12.9. The fraction of sp³-hybridized carbons (Fsp3) is 0.160. The highest BCUT2D eigenvalue weighted by atomic mass is 16.1. The van der Waals surface area contributed by atoms with E-state index in [1.807, 2.05) is 49.4 Å². The van der Waals surface area contributed by atoms with Crippen molar-refractivity contribution in [3.63, 3.8) is 0 Å². The maximum Gasteiger partial charge on any atom is 0.274 e. The molecule has 3 heterocycles. The number of carbonyl (C=O) groups excluding carboxylic acids is 1. The minimum Gasteiger partial charge on any atom is -0.321 e. The Hall–Kier alpha value is -4.13. The van der Waals surface area contributed by atoms with Crippen LogP contribution in [-0.4, -0.2) is 30.6 Å². The van der Waals surface area contributed by atoms with Crippen molar-refractivity contribution in [2.75, 3.05) is 5.32 Å². The number of carbonyl (C=O) groups is 1. The van der Waals surface area contributed by atoms with Crippen molar-refractivity contribution in [2.24, 2.45) is 0 Å². The average Bonchev–Trinajstić information content (AvgIpc) is 3.55. The summed E-state index contributed by atoms with van der Waals surface area (Å²) in [6.45, 7) is 5.83. The lowest BCUT2D eigenvalue weighted by atomic mass is 10.1. The van der Waals surface area contributed by atoms with E-state index in [1.165, 1.54) is 0 Å². The van der Waals surface area contributed by atoms with E-state index in [1.54, 1.807) is 24.8 Å². The van der Waals surface area contributed by atoms with Crippen molar-refractivity contribution in [3.05, 3.63) is 85.2 Å². The third kappa shape index (κ3) is 4.05. The van der Waals surface area contributed by atoms with E-state index >= 15 is 0 Å². The van der Waals surface area contributed by atoms with Gasteiger partial charge in [0.25, 0.3) is 5.91 Å². The number of nitrogens with one attached hydrogen (secondary N) is 1. The molecule has 1 aliphatic carbocycles. The van der Waals surface area contributed by atoms with Gasteiger partial charge in [0.2, 0.25) is 0 Å². The summed E-state index contributed by atoms with van der Waals surface area (Å²) in [5.41, 5.74) is 5.46. The van der Waals surface area contributed by atoms with Gasteiger partial charge >= 0.3 is 0 Å². The van der Waals surface area contributed by atoms with Crippen LogP contribution >= 0.6 is 0 Å². The monoisotopic (exact) mass is 422 g/mol. The number of hydrogen-bond acceptors (Lipinski definition) is 5. The molecular formula is C25H22N6O. The van der Waals surface area contributed by atoms with Crippen LogP contribution in [0.25, 0.3) is 28.1 Å². The normalized spacial score (nSPS) is 13.0. The lowest BCUT2D eigenvalue weighted by Gasteiger charge is -2.09. The largest absolute Gasteiger partial charge is 0.321 e. The van der Waals surface area contributed by atoms with Crippen LogP contribution in [-0.2, 0) is 0 Å². The van der Waals surface area contributed by atoms with Crippen LogP contribution in [0.4, 0.5) is 5.69 Å². The van der Waals surface area contributed by atoms with E-state index in [2.05, 4.69) is 36.6 Å². The predicted octanol–water partition coefficient (Wildman–Crippen LogP) is 5.02. The Morgan fingerprint density at radius 1 is 1.03 bits per heavy atom. The van der Waals surface area contributed by atoms with Crippen molar-refractivity contribution < 1.29 is 4.79 Å². The zero-order valence-electron chi connectivity index (χ0n) is 17.7. The highest BCUT2D eigenvalue weighted by Crippen LogP contribution is 2.37. The zero-order valence-corrected chi connectivity index (χ0v) is 17.7. The summed E-state index contributed by atoms with van der Waals surface area (Å²) >= 11 is 0. The lowest BCUT2D eigenvalue weighted by Crippen LogP contribution is -2.13. The Morgan fingerprint density at radius 3 is 2.66 bits per heavy atom. The highest BCUT2D eigenvalue weighted by molar-refractivity contribution is 6.03. The third-order valence-electron chi connectivity index (χ3n) is 5.42. The van der Waals surface area contributed by atoms with E-state index in [0.29, 0.717) is 17.4 Å². The topological polar surface area (TPSA) is 85.6 Å². The molecule has 7 nitrogen and oxygen atoms in total. The van der Waals surface area contributed by atoms with Gasteiger partial charge < -0.3 is 9.88 Å². The Kier molecular flexibility index (Phi) is 5.07. The Balaban J connectivity index is 1.36. The molecule has 158 valence electrons. The van der Waals surface area contributed by atoms with E-state index in [0.717, 1.165) is 46.6 Å². The fourth-order valence-corrected chi connectivity index (χ4v) is 3.55. The standard InChI is InChI=1S/C25H22N6O/c1-16(2)22-9-6-19(14-27-22)17-10-11-26-23(13-17)25(32)29-20-5-3-4-18(12-20)24-30-28-15-31(24)21-7-8-21/h3-6,9-15,21H,1,7-8H2,2H3,(H,29,32). The SMILES string of the molecule is C=C(C)c1ccc(-c2ccnc(C(=O)Nc3cccc(-c4nncn4C4CC4)c3)c2)cn1. The molecule has 1 saturated carbocycles. The number of benzene rings is 1. The summed E-state index contributed by atoms with van der Waals surface area (Å²) in [5.74, 6) is 0.536. The quantitative estimate of drug-likeness (QED) is 0.471. The first kappa shape index (κ1) is 19.8. The average molecular weight is 422 g/mol. The van der Waals surface area contributed by atoms with Gasteiger partial charge in [-0.3, -0.25) is 14.8 Å². The molecule has 1 N–H and O–H groups in total. The van der Waals surface area contributed by atoms with Crippen LogP contribution in [0, 0.1) is 0 Å². The molecule has 1 aliphatic rings. The molecule has 1 amide bonds. The summed E-state index contributed by atoms with van der Waals surface area (Å²) in [6, 6.07) is 15.6. The van der Waals surface area contributed by atoms with Crippen molar-refractivity contribution in [3.8, 4) is 22.5 Å². The molecule has 0 aliphatic heterocycles. The first-order chi connectivity index (χ1) is 15.6. The van der Waals surface area contributed by atoms with Gasteiger partial charge in [-0.2, -0.15) is 0 Å². The summed E-state index contributed by atoms with van der Waals surface area (Å²) in [7, 11) is 0. The number of pyridine rings is 2. The molecule has 0 saturated heterocycles. The number of rotatable bonds is 6. The smallest absolute Gasteiger partial charge is 0.274 e. The van der Waals surface area contributed by atoms with Gasteiger partial charge in [-0.05, 0) is 61.2 Å². The molecular weight excluding hydrogens is 400 g/mol. The number of amides is 1. The molecule has 0 spiro atoms. The summed E-state index contributed by atoms with van der Waals surface area (Å²) in [5, 5.41) is 11.3. The Bertz CT molecular complexity index is 1300. The molecule has 1 aromatic carbocycles. The fourth-order valence-electron chi connectivity index (χ4n) is 3.55. The molecule has 0 atom stereocenters. The van der Waals surface area contributed by atoms with Gasteiger partial charge in [0.1, 0.15) is 12.0 Å². The molecule has 0 radical (unpaired) electrons. The molecule has 1 fully saturated rings. The predicted molar refractivity (Wildman–Crippen MR) is 124 cm³/mol. The molecule has 0 bridgehead atoms. The van der Waals surface area contributed by atoms with Crippen molar-refractivity contribution in [1.29, 1.82) is 0 Å². The first-order valence-corrected chi connectivity index (χ1v) is 10.5.